The summed E-state index contributed by atoms with van der Waals surface area (Å²) in [5.41, 5.74) is 0. The molecule has 3 unspecified atom stereocenters. The van der Waals surface area contributed by atoms with Gasteiger partial charge in [0, 0.05) is 12.8 Å². The molecule has 440 valence electrons. The smallest absolute Gasteiger partial charge is 0.456 e. The second-order valence-corrected chi connectivity index (χ2v) is 24.4. The predicted octanol–water partition coefficient (Wildman–Crippen LogP) is 19.7. The molecule has 0 rings (SSSR count). The first-order valence-corrected chi connectivity index (χ1v) is 33.5. The van der Waals surface area contributed by atoms with Gasteiger partial charge in [0.1, 0.15) is 19.3 Å². The second kappa shape index (κ2) is 55.3. The summed E-state index contributed by atoms with van der Waals surface area (Å²) < 4.78 is 30.7. The zero-order chi connectivity index (χ0) is 55.0. The van der Waals surface area contributed by atoms with E-state index in [1.165, 1.54) is 186 Å². The van der Waals surface area contributed by atoms with Crippen molar-refractivity contribution in [2.45, 2.75) is 315 Å². The van der Waals surface area contributed by atoms with Crippen LogP contribution in [0.4, 0.5) is 0 Å². The van der Waals surface area contributed by atoms with Gasteiger partial charge < -0.3 is 19.4 Å². The Bertz CT molecular complexity index is 1420. The Kier molecular flexibility index (Phi) is 53.8. The lowest BCUT2D eigenvalue weighted by Gasteiger charge is -2.27. The zero-order valence-corrected chi connectivity index (χ0v) is 51.2. The molecule has 75 heavy (non-hydrogen) atoms. The van der Waals surface area contributed by atoms with Crippen molar-refractivity contribution in [2.24, 2.45) is 0 Å². The minimum atomic E-state index is -4.45. The minimum absolute atomic E-state index is 0.0384. The van der Waals surface area contributed by atoms with Crippen molar-refractivity contribution in [2.75, 3.05) is 40.9 Å². The average Bonchev–Trinajstić information content (AvgIpc) is 3.37. The van der Waals surface area contributed by atoms with Gasteiger partial charge in [0.15, 0.2) is 0 Å². The Balaban J connectivity index is 5.19. The number of hydrogen-bond acceptors (Lipinski definition) is 6. The fourth-order valence-electron chi connectivity index (χ4n) is 9.30. The number of nitrogens with one attached hydrogen (secondary N) is 1. The van der Waals surface area contributed by atoms with E-state index in [-0.39, 0.29) is 25.1 Å². The molecule has 0 saturated heterocycles. The highest BCUT2D eigenvalue weighted by atomic mass is 31.2. The number of unbranched alkanes of at least 4 members (excludes halogenated alkanes) is 36. The van der Waals surface area contributed by atoms with E-state index >= 15 is 0 Å². The summed E-state index contributed by atoms with van der Waals surface area (Å²) in [5.74, 6) is -0.509. The molecule has 0 saturated carbocycles. The van der Waals surface area contributed by atoms with E-state index in [1.54, 1.807) is 0 Å². The maximum absolute atomic E-state index is 13.5. The van der Waals surface area contributed by atoms with Crippen LogP contribution in [-0.4, -0.2) is 74.3 Å². The van der Waals surface area contributed by atoms with E-state index in [0.717, 1.165) is 83.5 Å². The van der Waals surface area contributed by atoms with Crippen LogP contribution in [0.5, 0.6) is 0 Å². The Labute approximate surface area is 465 Å². The van der Waals surface area contributed by atoms with Crippen molar-refractivity contribution < 1.29 is 37.3 Å². The van der Waals surface area contributed by atoms with Crippen LogP contribution < -0.4 is 5.32 Å². The van der Waals surface area contributed by atoms with E-state index in [0.29, 0.717) is 23.9 Å². The van der Waals surface area contributed by atoms with Crippen LogP contribution >= 0.6 is 7.82 Å². The summed E-state index contributed by atoms with van der Waals surface area (Å²) in [6.07, 6.45) is 68.2. The first-order valence-electron chi connectivity index (χ1n) is 32.0. The van der Waals surface area contributed by atoms with Gasteiger partial charge in [-0.15, -0.1) is 0 Å². The van der Waals surface area contributed by atoms with Crippen molar-refractivity contribution >= 4 is 19.7 Å². The molecule has 1 amide bonds. The van der Waals surface area contributed by atoms with Gasteiger partial charge in [0.05, 0.1) is 33.8 Å². The third kappa shape index (κ3) is 56.5. The Morgan fingerprint density at radius 2 is 0.813 bits per heavy atom. The molecule has 10 heteroatoms. The first kappa shape index (κ1) is 73.0. The molecule has 0 spiro atoms. The number of amides is 1. The average molecular weight is 1080 g/mol. The standard InChI is InChI=1S/C65H123N2O7P/c1-7-10-13-16-19-22-25-27-29-31-33-35-37-39-42-45-48-51-54-57-64(68)66-62(61-73-75(70,71)72-60-59-67(4,5)6)63(56-53-50-47-44-41-24-21-18-15-12-9-3)74-65(69)58-55-52-49-46-43-40-38-36-34-32-30-28-26-23-20-17-14-11-8-2/h19,22,27,29,33,35,53,56,62-63H,7-18,20-21,23-26,28,30-32,34,36-52,54-55,57-61H2,1-6H3,(H-,66,68,70,71)/p+1/b22-19-,29-27-,35-33-,56-53+. The maximum atomic E-state index is 13.5. The SMILES string of the molecule is CCCCC/C=C\C/C=C\C/C=C\CCCCCCCCC(=O)NC(COP(=O)(O)OCC[N+](C)(C)C)C(/C=C/CCCCCCCCCCC)OC(=O)CCCCCCCCCCCCCCCCCCCCC. The summed E-state index contributed by atoms with van der Waals surface area (Å²) in [7, 11) is 1.49. The Morgan fingerprint density at radius 3 is 1.24 bits per heavy atom. The zero-order valence-electron chi connectivity index (χ0n) is 50.3. The molecular formula is C65H124N2O7P+. The number of quaternary nitrogens is 1. The molecule has 0 heterocycles. The quantitative estimate of drug-likeness (QED) is 0.0205. The van der Waals surface area contributed by atoms with Crippen LogP contribution in [0.15, 0.2) is 48.6 Å². The lowest BCUT2D eigenvalue weighted by molar-refractivity contribution is -0.870. The summed E-state index contributed by atoms with van der Waals surface area (Å²) >= 11 is 0. The number of ether oxygens (including phenoxy) is 1. The highest BCUT2D eigenvalue weighted by Gasteiger charge is 2.30. The molecule has 0 bridgehead atoms. The number of nitrogens with zero attached hydrogens (tertiary/aromatic N) is 1. The fraction of sp³-hybridized carbons (Fsp3) is 0.846. The van der Waals surface area contributed by atoms with Gasteiger partial charge in [-0.2, -0.15) is 0 Å². The number of likely N-dealkylation sites (N-methyl/N-ethyl adjacent to an activating group) is 1. The van der Waals surface area contributed by atoms with E-state index in [9.17, 15) is 19.0 Å². The third-order valence-electron chi connectivity index (χ3n) is 14.3. The van der Waals surface area contributed by atoms with Gasteiger partial charge >= 0.3 is 13.8 Å². The van der Waals surface area contributed by atoms with Crippen LogP contribution in [0, 0.1) is 0 Å². The number of allylic oxidation sites excluding steroid dienone is 7. The largest absolute Gasteiger partial charge is 0.472 e. The van der Waals surface area contributed by atoms with Gasteiger partial charge in [-0.25, -0.2) is 4.57 Å². The molecule has 0 aliphatic rings. The van der Waals surface area contributed by atoms with Crippen LogP contribution in [0.2, 0.25) is 0 Å². The van der Waals surface area contributed by atoms with Gasteiger partial charge in [-0.3, -0.25) is 18.6 Å². The van der Waals surface area contributed by atoms with Crippen molar-refractivity contribution in [3.8, 4) is 0 Å². The lowest BCUT2D eigenvalue weighted by atomic mass is 10.0. The van der Waals surface area contributed by atoms with Gasteiger partial charge in [0.2, 0.25) is 5.91 Å². The van der Waals surface area contributed by atoms with E-state index < -0.39 is 20.0 Å². The number of esters is 1. The summed E-state index contributed by atoms with van der Waals surface area (Å²) in [5, 5.41) is 3.05. The minimum Gasteiger partial charge on any atom is -0.456 e. The van der Waals surface area contributed by atoms with Gasteiger partial charge in [-0.1, -0.05) is 269 Å². The number of phosphoric ester groups is 1. The van der Waals surface area contributed by atoms with Crippen molar-refractivity contribution in [1.29, 1.82) is 0 Å². The first-order chi connectivity index (χ1) is 36.4. The highest BCUT2D eigenvalue weighted by molar-refractivity contribution is 7.47. The van der Waals surface area contributed by atoms with Gasteiger partial charge in [0.25, 0.3) is 0 Å². The van der Waals surface area contributed by atoms with Crippen LogP contribution in [0.25, 0.3) is 0 Å². The predicted molar refractivity (Wildman–Crippen MR) is 323 cm³/mol. The number of rotatable bonds is 58. The third-order valence-corrected chi connectivity index (χ3v) is 15.3. The highest BCUT2D eigenvalue weighted by Crippen LogP contribution is 2.43. The van der Waals surface area contributed by atoms with E-state index in [4.69, 9.17) is 13.8 Å². The molecule has 0 aliphatic heterocycles. The molecule has 0 fully saturated rings. The monoisotopic (exact) mass is 1080 g/mol. The molecule has 0 aromatic rings. The number of hydrogen-bond donors (Lipinski definition) is 2. The molecule has 3 atom stereocenters. The summed E-state index contributed by atoms with van der Waals surface area (Å²) in [4.78, 5) is 37.7. The number of carbonyl (C=O) groups is 2. The maximum Gasteiger partial charge on any atom is 0.472 e. The normalized spacial score (nSPS) is 14.0. The lowest BCUT2D eigenvalue weighted by Crippen LogP contribution is -2.47. The summed E-state index contributed by atoms with van der Waals surface area (Å²) in [6, 6.07) is -0.853. The van der Waals surface area contributed by atoms with Crippen LogP contribution in [0.3, 0.4) is 0 Å². The molecule has 9 nitrogen and oxygen atoms in total. The number of phosphoric acid groups is 1. The van der Waals surface area contributed by atoms with Crippen molar-refractivity contribution in [3.05, 3.63) is 48.6 Å². The van der Waals surface area contributed by atoms with Crippen molar-refractivity contribution in [1.82, 2.24) is 5.32 Å². The summed E-state index contributed by atoms with van der Waals surface area (Å²) in [6.45, 7) is 7.00. The van der Waals surface area contributed by atoms with Crippen LogP contribution in [0.1, 0.15) is 303 Å². The molecule has 0 aromatic carbocycles. The van der Waals surface area contributed by atoms with Crippen molar-refractivity contribution in [3.63, 3.8) is 0 Å². The van der Waals surface area contributed by atoms with Gasteiger partial charge in [-0.05, 0) is 70.3 Å². The van der Waals surface area contributed by atoms with E-state index in [1.807, 2.05) is 33.3 Å². The Morgan fingerprint density at radius 1 is 0.467 bits per heavy atom. The Hall–Kier alpha value is -2.03. The molecular weight excluding hydrogens is 952 g/mol. The van der Waals surface area contributed by atoms with Crippen LogP contribution in [-0.2, 0) is 27.9 Å². The molecule has 0 aliphatic carbocycles. The van der Waals surface area contributed by atoms with E-state index in [2.05, 4.69) is 62.5 Å². The fourth-order valence-corrected chi connectivity index (χ4v) is 10.0. The number of carbonyl (C=O) groups excluding carboxylic acids is 2. The molecule has 2 N–H and O–H groups in total. The molecule has 0 aromatic heterocycles. The molecule has 0 radical (unpaired) electrons. The second-order valence-electron chi connectivity index (χ2n) is 22.9. The topological polar surface area (TPSA) is 111 Å².